The Hall–Kier alpha value is -3.92. The number of carbonyl (C=O) groups excluding carboxylic acids is 1. The zero-order chi connectivity index (χ0) is 26.6. The number of hydroxylamine groups is 2. The van der Waals surface area contributed by atoms with Crippen molar-refractivity contribution in [3.05, 3.63) is 78.2 Å². The van der Waals surface area contributed by atoms with Gasteiger partial charge < -0.3 is 24.8 Å². The molecule has 10 heteroatoms. The fourth-order valence-corrected chi connectivity index (χ4v) is 5.10. The number of aromatic nitrogens is 3. The number of nitrogens with zero attached hydrogens (tertiary/aromatic N) is 5. The van der Waals surface area contributed by atoms with E-state index in [0.717, 1.165) is 23.3 Å². The number of likely N-dealkylation sites (tertiary alicyclic amines) is 1. The summed E-state index contributed by atoms with van der Waals surface area (Å²) in [5.41, 5.74) is 8.62. The van der Waals surface area contributed by atoms with E-state index in [2.05, 4.69) is 9.97 Å². The van der Waals surface area contributed by atoms with Crippen LogP contribution in [0.3, 0.4) is 0 Å². The van der Waals surface area contributed by atoms with Gasteiger partial charge in [-0.05, 0) is 36.2 Å². The number of rotatable bonds is 8. The molecule has 0 radical (unpaired) electrons. The Morgan fingerprint density at radius 3 is 2.63 bits per heavy atom. The molecule has 0 aliphatic carbocycles. The van der Waals surface area contributed by atoms with Gasteiger partial charge in [0.2, 0.25) is 5.91 Å². The standard InChI is InChI=1S/C28H29ClN6O3/c1-33(37-2)15-6-9-23(36)34-16-14-20(17-34)35-26(29)24(25-27(30)31-18-32-28(25)35)19-10-12-22(13-11-19)38-21-7-4-3-5-8-21/h3-13,18,20H,14-17H2,1-2H3,(H2,30,31,32)/b9-6+/t20-/m1/s1. The highest BCUT2D eigenvalue weighted by Crippen LogP contribution is 2.43. The average molecular weight is 533 g/mol. The minimum Gasteiger partial charge on any atom is -0.457 e. The monoisotopic (exact) mass is 532 g/mol. The van der Waals surface area contributed by atoms with Crippen molar-refractivity contribution < 1.29 is 14.4 Å². The summed E-state index contributed by atoms with van der Waals surface area (Å²) in [5, 5.41) is 2.84. The number of nitrogen functional groups attached to an aromatic ring is 1. The molecule has 5 rings (SSSR count). The lowest BCUT2D eigenvalue weighted by Gasteiger charge is -2.17. The molecule has 38 heavy (non-hydrogen) atoms. The average Bonchev–Trinajstić information content (AvgIpc) is 3.52. The topological polar surface area (TPSA) is 98.7 Å². The molecule has 2 aromatic carbocycles. The van der Waals surface area contributed by atoms with Crippen molar-refractivity contribution >= 4 is 34.4 Å². The maximum Gasteiger partial charge on any atom is 0.246 e. The zero-order valence-electron chi connectivity index (χ0n) is 21.3. The Balaban J connectivity index is 1.42. The van der Waals surface area contributed by atoms with E-state index in [1.54, 1.807) is 31.4 Å². The van der Waals surface area contributed by atoms with Crippen LogP contribution in [-0.4, -0.2) is 64.2 Å². The minimum atomic E-state index is -0.0484. The third-order valence-corrected chi connectivity index (χ3v) is 7.02. The second kappa shape index (κ2) is 11.2. The van der Waals surface area contributed by atoms with E-state index in [9.17, 15) is 4.79 Å². The predicted molar refractivity (Wildman–Crippen MR) is 148 cm³/mol. The van der Waals surface area contributed by atoms with Crippen molar-refractivity contribution in [1.29, 1.82) is 0 Å². The summed E-state index contributed by atoms with van der Waals surface area (Å²) in [6.45, 7) is 1.65. The van der Waals surface area contributed by atoms with Gasteiger partial charge in [-0.3, -0.25) is 4.79 Å². The van der Waals surface area contributed by atoms with Gasteiger partial charge >= 0.3 is 0 Å². The number of benzene rings is 2. The number of carbonyl (C=O) groups is 1. The van der Waals surface area contributed by atoms with Crippen LogP contribution in [0.1, 0.15) is 12.5 Å². The summed E-state index contributed by atoms with van der Waals surface area (Å²) in [6.07, 6.45) is 5.55. The normalized spacial score (nSPS) is 15.7. The summed E-state index contributed by atoms with van der Waals surface area (Å²) >= 11 is 7.04. The van der Waals surface area contributed by atoms with E-state index in [-0.39, 0.29) is 11.9 Å². The second-order valence-electron chi connectivity index (χ2n) is 9.05. The summed E-state index contributed by atoms with van der Waals surface area (Å²) in [6, 6.07) is 17.2. The first-order valence-corrected chi connectivity index (χ1v) is 12.7. The molecule has 0 unspecified atom stereocenters. The number of anilines is 1. The molecule has 0 saturated carbocycles. The molecule has 1 aliphatic heterocycles. The zero-order valence-corrected chi connectivity index (χ0v) is 22.0. The Kier molecular flexibility index (Phi) is 7.59. The van der Waals surface area contributed by atoms with Crippen LogP contribution in [0.5, 0.6) is 11.5 Å². The molecule has 1 aliphatic rings. The van der Waals surface area contributed by atoms with Crippen molar-refractivity contribution in [3.63, 3.8) is 0 Å². The largest absolute Gasteiger partial charge is 0.457 e. The third-order valence-electron chi connectivity index (χ3n) is 6.65. The molecule has 0 spiro atoms. The molecule has 4 aromatic rings. The first-order valence-electron chi connectivity index (χ1n) is 12.3. The number of fused-ring (bicyclic) bond motifs is 1. The SMILES string of the molecule is CON(C)C/C=C/C(=O)N1CC[C@@H](n2c(Cl)c(-c3ccc(Oc4ccccc4)cc3)c3c(N)ncnc32)C1. The van der Waals surface area contributed by atoms with E-state index >= 15 is 0 Å². The van der Waals surface area contributed by atoms with Gasteiger partial charge in [0.1, 0.15) is 34.4 Å². The molecule has 2 aromatic heterocycles. The Bertz CT molecular complexity index is 1460. The van der Waals surface area contributed by atoms with Crippen LogP contribution in [0.15, 0.2) is 73.1 Å². The van der Waals surface area contributed by atoms with Gasteiger partial charge in [0.05, 0.1) is 18.5 Å². The van der Waals surface area contributed by atoms with Crippen LogP contribution in [-0.2, 0) is 9.63 Å². The number of hydrogen-bond donors (Lipinski definition) is 1. The summed E-state index contributed by atoms with van der Waals surface area (Å²) in [5.74, 6) is 1.77. The quantitative estimate of drug-likeness (QED) is 0.253. The fraction of sp³-hybridized carbons (Fsp3) is 0.250. The van der Waals surface area contributed by atoms with E-state index < -0.39 is 0 Å². The molecular formula is C28H29ClN6O3. The van der Waals surface area contributed by atoms with Crippen LogP contribution in [0.2, 0.25) is 5.15 Å². The molecule has 0 bridgehead atoms. The molecular weight excluding hydrogens is 504 g/mol. The highest BCUT2D eigenvalue weighted by atomic mass is 35.5. The van der Waals surface area contributed by atoms with Gasteiger partial charge in [-0.15, -0.1) is 0 Å². The third kappa shape index (κ3) is 5.22. The Morgan fingerprint density at radius 1 is 1.16 bits per heavy atom. The predicted octanol–water partition coefficient (Wildman–Crippen LogP) is 4.95. The van der Waals surface area contributed by atoms with E-state index in [4.69, 9.17) is 26.9 Å². The second-order valence-corrected chi connectivity index (χ2v) is 9.41. The van der Waals surface area contributed by atoms with Crippen molar-refractivity contribution in [2.24, 2.45) is 0 Å². The molecule has 1 amide bonds. The van der Waals surface area contributed by atoms with Crippen molar-refractivity contribution in [2.75, 3.05) is 39.5 Å². The lowest BCUT2D eigenvalue weighted by Crippen LogP contribution is -2.27. The number of hydrogen-bond acceptors (Lipinski definition) is 7. The van der Waals surface area contributed by atoms with Crippen molar-refractivity contribution in [2.45, 2.75) is 12.5 Å². The number of likely N-dealkylation sites (N-methyl/N-ethyl adjacent to an activating group) is 1. The van der Waals surface area contributed by atoms with Gasteiger partial charge in [0.15, 0.2) is 0 Å². The number of para-hydroxylation sites is 1. The molecule has 2 N–H and O–H groups in total. The Morgan fingerprint density at radius 2 is 1.89 bits per heavy atom. The first-order chi connectivity index (χ1) is 18.5. The fourth-order valence-electron chi connectivity index (χ4n) is 4.67. The number of amides is 1. The van der Waals surface area contributed by atoms with Gasteiger partial charge in [-0.1, -0.05) is 48.0 Å². The molecule has 196 valence electrons. The first kappa shape index (κ1) is 25.7. The van der Waals surface area contributed by atoms with Crippen molar-refractivity contribution in [3.8, 4) is 22.6 Å². The van der Waals surface area contributed by atoms with Crippen LogP contribution < -0.4 is 10.5 Å². The number of nitrogens with two attached hydrogens (primary N) is 1. The van der Waals surface area contributed by atoms with E-state index in [1.807, 2.05) is 64.1 Å². The summed E-state index contributed by atoms with van der Waals surface area (Å²) < 4.78 is 7.92. The maximum atomic E-state index is 12.8. The van der Waals surface area contributed by atoms with Gasteiger partial charge in [-0.25, -0.2) is 9.97 Å². The molecule has 1 fully saturated rings. The van der Waals surface area contributed by atoms with Crippen LogP contribution >= 0.6 is 11.6 Å². The van der Waals surface area contributed by atoms with Crippen LogP contribution in [0.4, 0.5) is 5.82 Å². The number of halogens is 1. The highest BCUT2D eigenvalue weighted by Gasteiger charge is 2.31. The van der Waals surface area contributed by atoms with E-state index in [1.165, 1.54) is 6.33 Å². The molecule has 1 saturated heterocycles. The molecule has 1 atom stereocenters. The van der Waals surface area contributed by atoms with Crippen molar-refractivity contribution in [1.82, 2.24) is 24.5 Å². The molecule has 3 heterocycles. The molecule has 9 nitrogen and oxygen atoms in total. The number of ether oxygens (including phenoxy) is 1. The van der Waals surface area contributed by atoms with Crippen LogP contribution in [0.25, 0.3) is 22.2 Å². The lowest BCUT2D eigenvalue weighted by molar-refractivity contribution is -0.125. The van der Waals surface area contributed by atoms with E-state index in [0.29, 0.717) is 47.4 Å². The van der Waals surface area contributed by atoms with Crippen LogP contribution in [0, 0.1) is 0 Å². The van der Waals surface area contributed by atoms with Gasteiger partial charge in [-0.2, -0.15) is 5.06 Å². The summed E-state index contributed by atoms with van der Waals surface area (Å²) in [7, 11) is 3.39. The van der Waals surface area contributed by atoms with Gasteiger partial charge in [0, 0.05) is 38.3 Å². The lowest BCUT2D eigenvalue weighted by atomic mass is 10.1. The smallest absolute Gasteiger partial charge is 0.246 e. The van der Waals surface area contributed by atoms with Gasteiger partial charge in [0.25, 0.3) is 0 Å². The summed E-state index contributed by atoms with van der Waals surface area (Å²) in [4.78, 5) is 28.4. The highest BCUT2D eigenvalue weighted by molar-refractivity contribution is 6.35. The Labute approximate surface area is 226 Å². The minimum absolute atomic E-state index is 0.0482. The maximum absolute atomic E-state index is 12.8.